The van der Waals surface area contributed by atoms with Crippen molar-refractivity contribution in [2.45, 2.75) is 214 Å². The maximum absolute atomic E-state index is 14.9. The van der Waals surface area contributed by atoms with E-state index in [0.29, 0.717) is 61.2 Å². The zero-order valence-corrected chi connectivity index (χ0v) is 57.1. The van der Waals surface area contributed by atoms with Gasteiger partial charge in [0.1, 0.15) is 34.5 Å². The fraction of sp³-hybridized carbons (Fsp3) is 0.475. The maximum Gasteiger partial charge on any atom is 0.304 e. The van der Waals surface area contributed by atoms with Gasteiger partial charge in [0.2, 0.25) is 0 Å². The predicted octanol–water partition coefficient (Wildman–Crippen LogP) is 18.4. The summed E-state index contributed by atoms with van der Waals surface area (Å²) in [5.74, 6) is -2.57. The molecule has 8 N–H and O–H groups in total. The molecule has 3 aliphatic carbocycles. The molecular formula is C80H100O10. The van der Waals surface area contributed by atoms with Crippen LogP contribution >= 0.6 is 0 Å². The summed E-state index contributed by atoms with van der Waals surface area (Å²) in [6.07, 6.45) is 4.47. The first-order chi connectivity index (χ1) is 41.3. The Morgan fingerprint density at radius 1 is 0.411 bits per heavy atom. The minimum atomic E-state index is -1.57. The molecule has 2 bridgehead atoms. The molecule has 0 aromatic heterocycles. The SMILES string of the molecule is Cc1cc(C2=C(c3cc(C)c(O)c(C(C)(C)C)c3)C(CC(CC(=O)O)(c3ccc(O)c(C(C)(C)C)c3)c3ccc(O)c(C(C)(C)C)c3)(CC(CC(=O)O)(c3ccc(O)c(C(C)(C)C)c3)c3ccc(O)c(C(C)(C)C)c3)C3C4C=CC(C4)C23)cc(C(C)(C)C)c1O. The molecule has 6 aromatic rings. The number of aliphatic carboxylic acids is 2. The molecule has 0 heterocycles. The van der Waals surface area contributed by atoms with Gasteiger partial charge in [-0.1, -0.05) is 185 Å². The highest BCUT2D eigenvalue weighted by molar-refractivity contribution is 5.99. The molecule has 4 atom stereocenters. The summed E-state index contributed by atoms with van der Waals surface area (Å²) >= 11 is 0. The van der Waals surface area contributed by atoms with Crippen LogP contribution < -0.4 is 0 Å². The van der Waals surface area contributed by atoms with Gasteiger partial charge >= 0.3 is 11.9 Å². The molecule has 9 rings (SSSR count). The smallest absolute Gasteiger partial charge is 0.304 e. The van der Waals surface area contributed by atoms with Gasteiger partial charge in [-0.3, -0.25) is 9.59 Å². The van der Waals surface area contributed by atoms with Crippen LogP contribution in [0.2, 0.25) is 0 Å². The van der Waals surface area contributed by atoms with E-state index >= 15 is 0 Å². The van der Waals surface area contributed by atoms with E-state index in [-0.39, 0.29) is 65.1 Å². The third kappa shape index (κ3) is 11.8. The van der Waals surface area contributed by atoms with Crippen molar-refractivity contribution in [3.8, 4) is 34.5 Å². The van der Waals surface area contributed by atoms with Gasteiger partial charge in [0.15, 0.2) is 0 Å². The predicted molar refractivity (Wildman–Crippen MR) is 363 cm³/mol. The summed E-state index contributed by atoms with van der Waals surface area (Å²) in [6.45, 7) is 40.5. The first-order valence-electron chi connectivity index (χ1n) is 32.2. The van der Waals surface area contributed by atoms with Crippen molar-refractivity contribution in [1.29, 1.82) is 0 Å². The zero-order chi connectivity index (χ0) is 66.9. The van der Waals surface area contributed by atoms with E-state index < -0.39 is 79.4 Å². The lowest BCUT2D eigenvalue weighted by Crippen LogP contribution is -2.48. The van der Waals surface area contributed by atoms with Crippen molar-refractivity contribution in [1.82, 2.24) is 0 Å². The number of carboxylic acids is 2. The van der Waals surface area contributed by atoms with Crippen LogP contribution in [0.4, 0.5) is 0 Å². The molecule has 3 aliphatic rings. The summed E-state index contributed by atoms with van der Waals surface area (Å²) in [5, 5.41) is 96.9. The highest BCUT2D eigenvalue weighted by atomic mass is 16.4. The van der Waals surface area contributed by atoms with Crippen molar-refractivity contribution >= 4 is 23.1 Å². The van der Waals surface area contributed by atoms with Crippen LogP contribution in [0.25, 0.3) is 11.1 Å². The zero-order valence-electron chi connectivity index (χ0n) is 57.1. The average molecular weight is 1220 g/mol. The van der Waals surface area contributed by atoms with Gasteiger partial charge in [-0.2, -0.15) is 0 Å². The molecule has 0 spiro atoms. The van der Waals surface area contributed by atoms with Crippen LogP contribution in [0.3, 0.4) is 0 Å². The fourth-order valence-electron chi connectivity index (χ4n) is 16.4. The Labute approximate surface area is 535 Å². The number of carbonyl (C=O) groups is 2. The monoisotopic (exact) mass is 1220 g/mol. The molecular weight excluding hydrogens is 1120 g/mol. The van der Waals surface area contributed by atoms with E-state index in [9.17, 15) is 50.4 Å². The minimum absolute atomic E-state index is 0.0236. The Hall–Kier alpha value is -7.46. The fourth-order valence-corrected chi connectivity index (χ4v) is 16.4. The quantitative estimate of drug-likeness (QED) is 0.0486. The Bertz CT molecular complexity index is 3620. The van der Waals surface area contributed by atoms with Crippen molar-refractivity contribution in [2.24, 2.45) is 29.1 Å². The number of aryl methyl sites for hydroxylation is 2. The topological polar surface area (TPSA) is 196 Å². The van der Waals surface area contributed by atoms with Crippen LogP contribution in [0.1, 0.15) is 235 Å². The number of carboxylic acid groups (broad SMARTS) is 2. The standard InChI is InChI=1S/C80H100O10/c1-44-31-48(34-58(70(44)89)76(15,16)17)67-66-46-21-22-47(33-46)68(66)80(69(67)49-32-45(2)71(90)59(35-49)77(18,19)20,42-78(40-64(85)86,50-23-27-60(81)54(36-50)72(3,4)5)51-24-28-61(82)55(37-51)73(6,7)8)43-79(41-65(87)88,52-25-29-62(83)56(38-52)74(9,10)11)53-26-30-63(84)57(39-53)75(12,13)14/h21-32,34-39,46-47,66,68,81-84,89-90H,33,40-43H2,1-20H3,(H,85,86)(H,87,88). The highest BCUT2D eigenvalue weighted by Crippen LogP contribution is 2.75. The molecule has 0 radical (unpaired) electrons. The third-order valence-electron chi connectivity index (χ3n) is 20.6. The molecule has 1 fully saturated rings. The summed E-state index contributed by atoms with van der Waals surface area (Å²) in [6, 6.07) is 30.3. The molecule has 4 unspecified atom stereocenters. The van der Waals surface area contributed by atoms with Crippen LogP contribution in [-0.2, 0) is 52.9 Å². The average Bonchev–Trinajstić information content (AvgIpc) is 1.48. The number of phenols is 6. The van der Waals surface area contributed by atoms with E-state index in [1.165, 1.54) is 0 Å². The third-order valence-corrected chi connectivity index (χ3v) is 20.6. The van der Waals surface area contributed by atoms with Gasteiger partial charge in [-0.05, 0) is 216 Å². The van der Waals surface area contributed by atoms with Gasteiger partial charge in [0.05, 0.1) is 12.8 Å². The van der Waals surface area contributed by atoms with E-state index in [1.54, 1.807) is 24.3 Å². The van der Waals surface area contributed by atoms with E-state index in [1.807, 2.05) is 152 Å². The normalized spacial score (nSPS) is 18.8. The first-order valence-corrected chi connectivity index (χ1v) is 32.2. The lowest BCUT2D eigenvalue weighted by Gasteiger charge is -2.53. The number of allylic oxidation sites excluding steroid dienone is 4. The van der Waals surface area contributed by atoms with Gasteiger partial charge in [-0.15, -0.1) is 0 Å². The molecule has 10 nitrogen and oxygen atoms in total. The number of phenolic OH excluding ortho intramolecular Hbond substituents is 6. The first kappa shape index (κ1) is 66.9. The number of hydrogen-bond acceptors (Lipinski definition) is 8. The Balaban J connectivity index is 1.65. The van der Waals surface area contributed by atoms with Gasteiger partial charge < -0.3 is 40.9 Å². The Kier molecular flexibility index (Phi) is 16.7. The van der Waals surface area contributed by atoms with E-state index in [2.05, 4.69) is 71.9 Å². The molecule has 480 valence electrons. The Morgan fingerprint density at radius 2 is 0.711 bits per heavy atom. The molecule has 0 aliphatic heterocycles. The molecule has 6 aromatic carbocycles. The van der Waals surface area contributed by atoms with Crippen molar-refractivity contribution < 1.29 is 50.4 Å². The van der Waals surface area contributed by atoms with E-state index in [4.69, 9.17) is 0 Å². The van der Waals surface area contributed by atoms with Crippen LogP contribution in [0.15, 0.2) is 109 Å². The van der Waals surface area contributed by atoms with Crippen molar-refractivity contribution in [2.75, 3.05) is 0 Å². The van der Waals surface area contributed by atoms with E-state index in [0.717, 1.165) is 34.3 Å². The summed E-state index contributed by atoms with van der Waals surface area (Å²) < 4.78 is 0. The molecule has 0 saturated heterocycles. The number of fused-ring (bicyclic) bond motifs is 5. The van der Waals surface area contributed by atoms with Crippen molar-refractivity contribution in [3.63, 3.8) is 0 Å². The number of hydrogen-bond donors (Lipinski definition) is 8. The van der Waals surface area contributed by atoms with Crippen LogP contribution in [0.5, 0.6) is 34.5 Å². The summed E-state index contributed by atoms with van der Waals surface area (Å²) in [4.78, 5) is 29.7. The van der Waals surface area contributed by atoms with Crippen molar-refractivity contribution in [3.05, 3.63) is 187 Å². The van der Waals surface area contributed by atoms with Gasteiger partial charge in [0.25, 0.3) is 0 Å². The minimum Gasteiger partial charge on any atom is -0.508 e. The van der Waals surface area contributed by atoms with Gasteiger partial charge in [0, 0.05) is 27.4 Å². The summed E-state index contributed by atoms with van der Waals surface area (Å²) in [7, 11) is 0. The second kappa shape index (κ2) is 22.4. The molecule has 1 saturated carbocycles. The lowest BCUT2D eigenvalue weighted by molar-refractivity contribution is -0.139. The number of benzene rings is 6. The van der Waals surface area contributed by atoms with Crippen LogP contribution in [-0.4, -0.2) is 52.8 Å². The molecule has 10 heteroatoms. The second-order valence-corrected chi connectivity index (χ2v) is 33.4. The lowest BCUT2D eigenvalue weighted by atomic mass is 9.49. The number of rotatable bonds is 14. The second-order valence-electron chi connectivity index (χ2n) is 33.4. The number of aromatic hydroxyl groups is 6. The maximum atomic E-state index is 14.9. The Morgan fingerprint density at radius 3 is 1.02 bits per heavy atom. The summed E-state index contributed by atoms with van der Waals surface area (Å²) in [5.41, 5.74) is 2.79. The molecule has 0 amide bonds. The van der Waals surface area contributed by atoms with Crippen LogP contribution in [0, 0.1) is 42.9 Å². The highest BCUT2D eigenvalue weighted by Gasteiger charge is 2.67. The largest absolute Gasteiger partial charge is 0.508 e. The van der Waals surface area contributed by atoms with Gasteiger partial charge in [-0.25, -0.2) is 0 Å². The molecule has 90 heavy (non-hydrogen) atoms.